The highest BCUT2D eigenvalue weighted by molar-refractivity contribution is 7.22. The van der Waals surface area contributed by atoms with E-state index < -0.39 is 10.8 Å². The second-order valence-corrected chi connectivity index (χ2v) is 6.72. The minimum atomic E-state index is -0.617. The lowest BCUT2D eigenvalue weighted by Crippen LogP contribution is -2.18. The molecule has 2 aromatic heterocycles. The number of hydrazone groups is 1. The Morgan fingerprint density at radius 3 is 2.71 bits per heavy atom. The molecule has 8 heteroatoms. The Hall–Kier alpha value is -2.84. The average Bonchev–Trinajstić information content (AvgIpc) is 3.26. The van der Waals surface area contributed by atoms with Crippen LogP contribution in [0.3, 0.4) is 0 Å². The van der Waals surface area contributed by atoms with Crippen molar-refractivity contribution in [1.82, 2.24) is 5.43 Å². The second kappa shape index (κ2) is 7.16. The minimum Gasteiger partial charge on any atom is -0.267 e. The van der Waals surface area contributed by atoms with Gasteiger partial charge in [-0.15, -0.1) is 22.7 Å². The van der Waals surface area contributed by atoms with E-state index in [9.17, 15) is 14.9 Å². The molecule has 0 aliphatic rings. The number of nitro benzene ring substituents is 1. The monoisotopic (exact) mass is 357 g/mol. The molecule has 3 rings (SSSR count). The van der Waals surface area contributed by atoms with Crippen LogP contribution >= 0.6 is 22.7 Å². The summed E-state index contributed by atoms with van der Waals surface area (Å²) in [6, 6.07) is 13.7. The summed E-state index contributed by atoms with van der Waals surface area (Å²) in [5.41, 5.74) is 2.05. The molecular formula is C16H11N3O3S2. The van der Waals surface area contributed by atoms with E-state index in [1.54, 1.807) is 28.7 Å². The molecule has 3 aromatic rings. The summed E-state index contributed by atoms with van der Waals surface area (Å²) < 4.78 is 0. The summed E-state index contributed by atoms with van der Waals surface area (Å²) in [6.07, 6.45) is 1.52. The van der Waals surface area contributed by atoms with Crippen LogP contribution in [0.15, 0.2) is 59.0 Å². The van der Waals surface area contributed by atoms with Crippen LogP contribution in [0.5, 0.6) is 0 Å². The number of nitro groups is 1. The number of thiophene rings is 2. The standard InChI is InChI=1S/C16H11N3O3S2/c20-16(12-4-1-2-5-13(12)19(21)22)18-17-10-11-7-8-15(24-11)14-6-3-9-23-14/h1-10H,(H,18,20)/b17-10+. The number of carbonyl (C=O) groups is 1. The van der Waals surface area contributed by atoms with Crippen molar-refractivity contribution in [2.75, 3.05) is 0 Å². The number of rotatable bonds is 5. The molecule has 1 N–H and O–H groups in total. The van der Waals surface area contributed by atoms with Gasteiger partial charge in [0.25, 0.3) is 11.6 Å². The van der Waals surface area contributed by atoms with Gasteiger partial charge >= 0.3 is 0 Å². The minimum absolute atomic E-state index is 0.0231. The van der Waals surface area contributed by atoms with Crippen molar-refractivity contribution < 1.29 is 9.72 Å². The highest BCUT2D eigenvalue weighted by Crippen LogP contribution is 2.30. The fourth-order valence-corrected chi connectivity index (χ4v) is 3.73. The van der Waals surface area contributed by atoms with E-state index in [-0.39, 0.29) is 11.3 Å². The molecule has 0 fully saturated rings. The van der Waals surface area contributed by atoms with E-state index in [0.29, 0.717) is 0 Å². The van der Waals surface area contributed by atoms with E-state index >= 15 is 0 Å². The Morgan fingerprint density at radius 2 is 1.96 bits per heavy atom. The van der Waals surface area contributed by atoms with E-state index in [0.717, 1.165) is 9.75 Å². The average molecular weight is 357 g/mol. The topological polar surface area (TPSA) is 84.6 Å². The number of hydrogen-bond donors (Lipinski definition) is 1. The highest BCUT2D eigenvalue weighted by atomic mass is 32.1. The van der Waals surface area contributed by atoms with Gasteiger partial charge in [-0.25, -0.2) is 5.43 Å². The smallest absolute Gasteiger partial charge is 0.267 e. The first-order chi connectivity index (χ1) is 11.6. The zero-order valence-corrected chi connectivity index (χ0v) is 13.8. The molecule has 0 aliphatic heterocycles. The van der Waals surface area contributed by atoms with Gasteiger partial charge in [-0.3, -0.25) is 14.9 Å². The van der Waals surface area contributed by atoms with Gasteiger partial charge in [-0.05, 0) is 29.6 Å². The number of amides is 1. The molecule has 0 unspecified atom stereocenters. The van der Waals surface area contributed by atoms with Crippen molar-refractivity contribution in [1.29, 1.82) is 0 Å². The van der Waals surface area contributed by atoms with Crippen LogP contribution < -0.4 is 5.43 Å². The molecule has 1 amide bonds. The van der Waals surface area contributed by atoms with Crippen molar-refractivity contribution in [3.05, 3.63) is 74.5 Å². The number of benzene rings is 1. The SMILES string of the molecule is O=C(N/N=C/c1ccc(-c2cccs2)s1)c1ccccc1[N+](=O)[O-]. The summed E-state index contributed by atoms with van der Waals surface area (Å²) in [4.78, 5) is 25.5. The Kier molecular flexibility index (Phi) is 4.78. The van der Waals surface area contributed by atoms with Crippen molar-refractivity contribution in [3.63, 3.8) is 0 Å². The third-order valence-electron chi connectivity index (χ3n) is 3.09. The van der Waals surface area contributed by atoms with Crippen LogP contribution in [0.2, 0.25) is 0 Å². The molecule has 6 nitrogen and oxygen atoms in total. The van der Waals surface area contributed by atoms with Gasteiger partial charge in [0.2, 0.25) is 0 Å². The van der Waals surface area contributed by atoms with Gasteiger partial charge < -0.3 is 0 Å². The van der Waals surface area contributed by atoms with E-state index in [2.05, 4.69) is 10.5 Å². The first-order valence-corrected chi connectivity index (χ1v) is 8.55. The van der Waals surface area contributed by atoms with Crippen molar-refractivity contribution in [3.8, 4) is 9.75 Å². The van der Waals surface area contributed by atoms with E-state index in [1.807, 2.05) is 29.6 Å². The predicted molar refractivity (Wildman–Crippen MR) is 95.8 cm³/mol. The molecule has 0 saturated carbocycles. The van der Waals surface area contributed by atoms with E-state index in [4.69, 9.17) is 0 Å². The summed E-state index contributed by atoms with van der Waals surface area (Å²) in [6.45, 7) is 0. The predicted octanol–water partition coefficient (Wildman–Crippen LogP) is 4.15. The Labute approximate surface area is 145 Å². The zero-order valence-electron chi connectivity index (χ0n) is 12.2. The summed E-state index contributed by atoms with van der Waals surface area (Å²) >= 11 is 3.20. The Balaban J connectivity index is 1.69. The second-order valence-electron chi connectivity index (χ2n) is 4.65. The lowest BCUT2D eigenvalue weighted by molar-refractivity contribution is -0.385. The third kappa shape index (κ3) is 3.55. The molecule has 1 aromatic carbocycles. The first-order valence-electron chi connectivity index (χ1n) is 6.85. The molecule has 0 atom stereocenters. The maximum Gasteiger partial charge on any atom is 0.282 e. The number of hydrogen-bond acceptors (Lipinski definition) is 6. The molecule has 0 radical (unpaired) electrons. The fraction of sp³-hybridized carbons (Fsp3) is 0. The number of para-hydroxylation sites is 1. The molecule has 0 aliphatic carbocycles. The van der Waals surface area contributed by atoms with Gasteiger partial charge in [0, 0.05) is 20.7 Å². The third-order valence-corrected chi connectivity index (χ3v) is 5.18. The molecule has 120 valence electrons. The zero-order chi connectivity index (χ0) is 16.9. The van der Waals surface area contributed by atoms with Crippen molar-refractivity contribution in [2.45, 2.75) is 0 Å². The summed E-state index contributed by atoms with van der Waals surface area (Å²) in [5.74, 6) is -0.617. The summed E-state index contributed by atoms with van der Waals surface area (Å²) in [5, 5.41) is 16.8. The number of nitrogens with zero attached hydrogens (tertiary/aromatic N) is 2. The van der Waals surface area contributed by atoms with Gasteiger partial charge in [0.05, 0.1) is 11.1 Å². The lowest BCUT2D eigenvalue weighted by atomic mass is 10.2. The van der Waals surface area contributed by atoms with Gasteiger partial charge in [0.1, 0.15) is 5.56 Å². The molecular weight excluding hydrogens is 346 g/mol. The van der Waals surface area contributed by atoms with Crippen molar-refractivity contribution in [2.24, 2.45) is 5.10 Å². The Bertz CT molecular complexity index is 901. The van der Waals surface area contributed by atoms with Gasteiger partial charge in [-0.1, -0.05) is 18.2 Å². The van der Waals surface area contributed by atoms with E-state index in [1.165, 1.54) is 29.3 Å². The van der Waals surface area contributed by atoms with Crippen LogP contribution in [-0.4, -0.2) is 17.0 Å². The fourth-order valence-electron chi connectivity index (χ4n) is 2.01. The van der Waals surface area contributed by atoms with Crippen LogP contribution in [0.25, 0.3) is 9.75 Å². The molecule has 24 heavy (non-hydrogen) atoms. The van der Waals surface area contributed by atoms with Crippen LogP contribution in [-0.2, 0) is 0 Å². The Morgan fingerprint density at radius 1 is 1.12 bits per heavy atom. The number of nitrogens with one attached hydrogen (secondary N) is 1. The van der Waals surface area contributed by atoms with Crippen LogP contribution in [0, 0.1) is 10.1 Å². The van der Waals surface area contributed by atoms with Gasteiger partial charge in [0.15, 0.2) is 0 Å². The van der Waals surface area contributed by atoms with Gasteiger partial charge in [-0.2, -0.15) is 5.10 Å². The molecule has 0 spiro atoms. The lowest BCUT2D eigenvalue weighted by Gasteiger charge is -2.00. The number of carbonyl (C=O) groups excluding carboxylic acids is 1. The largest absolute Gasteiger partial charge is 0.282 e. The highest BCUT2D eigenvalue weighted by Gasteiger charge is 2.18. The van der Waals surface area contributed by atoms with Crippen LogP contribution in [0.4, 0.5) is 5.69 Å². The quantitative estimate of drug-likeness (QED) is 0.423. The van der Waals surface area contributed by atoms with Crippen LogP contribution in [0.1, 0.15) is 15.2 Å². The molecule has 2 heterocycles. The molecule has 0 bridgehead atoms. The maximum absolute atomic E-state index is 12.0. The first kappa shape index (κ1) is 16.0. The molecule has 0 saturated heterocycles. The normalized spacial score (nSPS) is 10.8. The van der Waals surface area contributed by atoms with Crippen molar-refractivity contribution >= 4 is 40.5 Å². The maximum atomic E-state index is 12.0. The summed E-state index contributed by atoms with van der Waals surface area (Å²) in [7, 11) is 0.